The number of para-hydroxylation sites is 1. The molecule has 1 aromatic carbocycles. The first-order valence-electron chi connectivity index (χ1n) is 5.04. The third kappa shape index (κ3) is 1.88. The van der Waals surface area contributed by atoms with Crippen LogP contribution in [0.4, 0.5) is 0 Å². The third-order valence-corrected chi connectivity index (χ3v) is 2.53. The highest BCUT2D eigenvalue weighted by Gasteiger charge is 2.12. The van der Waals surface area contributed by atoms with Crippen LogP contribution in [-0.4, -0.2) is 24.1 Å². The van der Waals surface area contributed by atoms with E-state index in [4.69, 9.17) is 4.52 Å². The summed E-state index contributed by atoms with van der Waals surface area (Å²) < 4.78 is 5.23. The molecule has 0 fully saturated rings. The third-order valence-electron chi connectivity index (χ3n) is 2.53. The summed E-state index contributed by atoms with van der Waals surface area (Å²) in [6.07, 6.45) is 0.733. The van der Waals surface area contributed by atoms with Crippen LogP contribution in [0.1, 0.15) is 5.69 Å². The molecule has 2 heterocycles. The van der Waals surface area contributed by atoms with Gasteiger partial charge in [0.25, 0.3) is 0 Å². The van der Waals surface area contributed by atoms with Crippen LogP contribution in [0.25, 0.3) is 11.0 Å². The molecular weight excluding hydrogens is 226 g/mol. The van der Waals surface area contributed by atoms with E-state index >= 15 is 0 Å². The van der Waals surface area contributed by atoms with Crippen molar-refractivity contribution in [2.75, 3.05) is 13.1 Å². The lowest BCUT2D eigenvalue weighted by Crippen LogP contribution is -2.20. The Morgan fingerprint density at radius 3 is 3.00 bits per heavy atom. The van der Waals surface area contributed by atoms with E-state index in [0.29, 0.717) is 0 Å². The van der Waals surface area contributed by atoms with Crippen LogP contribution < -0.4 is 5.32 Å². The second-order valence-corrected chi connectivity index (χ2v) is 3.56. The van der Waals surface area contributed by atoms with Crippen molar-refractivity contribution >= 4 is 29.2 Å². The molecule has 5 heteroatoms. The summed E-state index contributed by atoms with van der Waals surface area (Å²) in [7, 11) is 0. The molecule has 0 amide bonds. The molecular formula is C11H12ClN3O. The van der Waals surface area contributed by atoms with Crippen molar-refractivity contribution in [3.8, 4) is 0 Å². The SMILES string of the molecule is Cl.c1ccc2c(CC3=NCCN3)noc2c1. The first-order chi connectivity index (χ1) is 7.43. The number of halogens is 1. The van der Waals surface area contributed by atoms with E-state index in [9.17, 15) is 0 Å². The predicted molar refractivity (Wildman–Crippen MR) is 65.3 cm³/mol. The lowest BCUT2D eigenvalue weighted by molar-refractivity contribution is 0.449. The average molecular weight is 238 g/mol. The molecule has 1 aromatic heterocycles. The predicted octanol–water partition coefficient (Wildman–Crippen LogP) is 1.79. The molecule has 1 aliphatic rings. The second-order valence-electron chi connectivity index (χ2n) is 3.56. The molecule has 0 unspecified atom stereocenters. The Morgan fingerprint density at radius 2 is 2.19 bits per heavy atom. The highest BCUT2D eigenvalue weighted by molar-refractivity contribution is 5.90. The molecule has 0 spiro atoms. The van der Waals surface area contributed by atoms with Gasteiger partial charge in [0.05, 0.1) is 18.7 Å². The van der Waals surface area contributed by atoms with Crippen LogP contribution in [0, 0.1) is 0 Å². The van der Waals surface area contributed by atoms with E-state index in [1.54, 1.807) is 0 Å². The summed E-state index contributed by atoms with van der Waals surface area (Å²) in [6, 6.07) is 7.89. The number of nitrogens with one attached hydrogen (secondary N) is 1. The summed E-state index contributed by atoms with van der Waals surface area (Å²) in [5.41, 5.74) is 1.80. The normalized spacial score (nSPS) is 14.4. The highest BCUT2D eigenvalue weighted by Crippen LogP contribution is 2.18. The smallest absolute Gasteiger partial charge is 0.167 e. The van der Waals surface area contributed by atoms with E-state index in [-0.39, 0.29) is 12.4 Å². The standard InChI is InChI=1S/C11H11N3O.ClH/c1-2-4-10-8(3-1)9(14-15-10)7-11-12-5-6-13-11;/h1-4H,5-7H2,(H,12,13);1H. The number of hydrogen-bond donors (Lipinski definition) is 1. The van der Waals surface area contributed by atoms with Gasteiger partial charge in [-0.25, -0.2) is 0 Å². The topological polar surface area (TPSA) is 50.4 Å². The van der Waals surface area contributed by atoms with Gasteiger partial charge in [0.1, 0.15) is 5.84 Å². The van der Waals surface area contributed by atoms with Crippen LogP contribution in [0.15, 0.2) is 33.8 Å². The van der Waals surface area contributed by atoms with Crippen molar-refractivity contribution < 1.29 is 4.52 Å². The van der Waals surface area contributed by atoms with E-state index in [1.807, 2.05) is 24.3 Å². The largest absolute Gasteiger partial charge is 0.372 e. The first-order valence-corrected chi connectivity index (χ1v) is 5.04. The fourth-order valence-corrected chi connectivity index (χ4v) is 1.79. The number of amidine groups is 1. The molecule has 84 valence electrons. The molecule has 0 radical (unpaired) electrons. The van der Waals surface area contributed by atoms with Gasteiger partial charge in [-0.1, -0.05) is 17.3 Å². The van der Waals surface area contributed by atoms with E-state index in [1.165, 1.54) is 0 Å². The minimum atomic E-state index is 0. The summed E-state index contributed by atoms with van der Waals surface area (Å²) in [6.45, 7) is 1.80. The van der Waals surface area contributed by atoms with Crippen molar-refractivity contribution in [1.29, 1.82) is 0 Å². The molecule has 16 heavy (non-hydrogen) atoms. The number of benzene rings is 1. The van der Waals surface area contributed by atoms with Gasteiger partial charge in [0, 0.05) is 11.9 Å². The van der Waals surface area contributed by atoms with Crippen molar-refractivity contribution in [3.05, 3.63) is 30.0 Å². The van der Waals surface area contributed by atoms with E-state index in [0.717, 1.165) is 42.0 Å². The van der Waals surface area contributed by atoms with Gasteiger partial charge in [0.2, 0.25) is 0 Å². The Morgan fingerprint density at radius 1 is 1.31 bits per heavy atom. The number of nitrogens with zero attached hydrogens (tertiary/aromatic N) is 2. The Hall–Kier alpha value is -1.55. The lowest BCUT2D eigenvalue weighted by Gasteiger charge is -1.97. The first kappa shape index (κ1) is 11.0. The summed E-state index contributed by atoms with van der Waals surface area (Å²) in [5, 5.41) is 8.37. The molecule has 0 saturated heterocycles. The Balaban J connectivity index is 0.000000963. The van der Waals surface area contributed by atoms with Crippen LogP contribution in [0.3, 0.4) is 0 Å². The quantitative estimate of drug-likeness (QED) is 0.867. The average Bonchev–Trinajstić information content (AvgIpc) is 2.89. The Labute approximate surface area is 99.1 Å². The number of hydrogen-bond acceptors (Lipinski definition) is 4. The lowest BCUT2D eigenvalue weighted by atomic mass is 10.1. The van der Waals surface area contributed by atoms with Gasteiger partial charge in [0.15, 0.2) is 5.58 Å². The van der Waals surface area contributed by atoms with Crippen molar-refractivity contribution in [3.63, 3.8) is 0 Å². The maximum atomic E-state index is 5.23. The fraction of sp³-hybridized carbons (Fsp3) is 0.273. The minimum Gasteiger partial charge on any atom is -0.372 e. The van der Waals surface area contributed by atoms with Crippen LogP contribution in [-0.2, 0) is 6.42 Å². The van der Waals surface area contributed by atoms with Gasteiger partial charge in [-0.2, -0.15) is 0 Å². The monoisotopic (exact) mass is 237 g/mol. The van der Waals surface area contributed by atoms with Crippen LogP contribution >= 0.6 is 12.4 Å². The Kier molecular flexibility index (Phi) is 3.10. The van der Waals surface area contributed by atoms with Gasteiger partial charge >= 0.3 is 0 Å². The van der Waals surface area contributed by atoms with Gasteiger partial charge in [-0.15, -0.1) is 12.4 Å². The van der Waals surface area contributed by atoms with Crippen LogP contribution in [0.2, 0.25) is 0 Å². The summed E-state index contributed by atoms with van der Waals surface area (Å²) in [5.74, 6) is 1.01. The molecule has 1 N–H and O–H groups in total. The maximum absolute atomic E-state index is 5.23. The zero-order chi connectivity index (χ0) is 10.1. The van der Waals surface area contributed by atoms with E-state index in [2.05, 4.69) is 15.5 Å². The number of aromatic nitrogens is 1. The zero-order valence-corrected chi connectivity index (χ0v) is 9.46. The molecule has 0 atom stereocenters. The van der Waals surface area contributed by atoms with Gasteiger partial charge in [-0.3, -0.25) is 4.99 Å². The number of rotatable bonds is 2. The van der Waals surface area contributed by atoms with Crippen LogP contribution in [0.5, 0.6) is 0 Å². The van der Waals surface area contributed by atoms with E-state index < -0.39 is 0 Å². The van der Waals surface area contributed by atoms with Gasteiger partial charge in [-0.05, 0) is 12.1 Å². The molecule has 2 aromatic rings. The minimum absolute atomic E-state index is 0. The zero-order valence-electron chi connectivity index (χ0n) is 8.64. The highest BCUT2D eigenvalue weighted by atomic mass is 35.5. The molecule has 4 nitrogen and oxygen atoms in total. The van der Waals surface area contributed by atoms with Crippen molar-refractivity contribution in [2.45, 2.75) is 6.42 Å². The Bertz CT molecular complexity index is 521. The van der Waals surface area contributed by atoms with Crippen molar-refractivity contribution in [2.24, 2.45) is 4.99 Å². The second kappa shape index (κ2) is 4.53. The molecule has 1 aliphatic heterocycles. The molecule has 0 bridgehead atoms. The molecule has 0 aliphatic carbocycles. The molecule has 3 rings (SSSR count). The summed E-state index contributed by atoms with van der Waals surface area (Å²) in [4.78, 5) is 4.34. The summed E-state index contributed by atoms with van der Waals surface area (Å²) >= 11 is 0. The maximum Gasteiger partial charge on any atom is 0.167 e. The number of aliphatic imine (C=N–C) groups is 1. The fourth-order valence-electron chi connectivity index (χ4n) is 1.79. The molecule has 0 saturated carbocycles. The van der Waals surface area contributed by atoms with Gasteiger partial charge < -0.3 is 9.84 Å². The number of fused-ring (bicyclic) bond motifs is 1. The van der Waals surface area contributed by atoms with Crippen molar-refractivity contribution in [1.82, 2.24) is 10.5 Å².